The fourth-order valence-electron chi connectivity index (χ4n) is 2.25. The van der Waals surface area contributed by atoms with Crippen molar-refractivity contribution in [2.45, 2.75) is 20.4 Å². The van der Waals surface area contributed by atoms with Crippen molar-refractivity contribution in [1.29, 1.82) is 0 Å². The largest absolute Gasteiger partial charge is 0.380 e. The molecule has 2 rings (SSSR count). The van der Waals surface area contributed by atoms with Gasteiger partial charge < -0.3 is 5.32 Å². The van der Waals surface area contributed by atoms with E-state index < -0.39 is 4.92 Å². The van der Waals surface area contributed by atoms with Gasteiger partial charge in [0.05, 0.1) is 10.5 Å². The monoisotopic (exact) mass is 368 g/mol. The summed E-state index contributed by atoms with van der Waals surface area (Å²) in [4.78, 5) is 10.7. The zero-order chi connectivity index (χ0) is 15.6. The second-order valence-corrected chi connectivity index (χ2v) is 6.15. The molecule has 0 saturated heterocycles. The van der Waals surface area contributed by atoms with Crippen molar-refractivity contribution < 1.29 is 4.92 Å². The molecule has 0 heterocycles. The van der Waals surface area contributed by atoms with Gasteiger partial charge in [-0.25, -0.2) is 0 Å². The van der Waals surface area contributed by atoms with Crippen molar-refractivity contribution in [2.75, 3.05) is 5.32 Å². The molecule has 0 radical (unpaired) electrons. The van der Waals surface area contributed by atoms with Crippen molar-refractivity contribution in [1.82, 2.24) is 0 Å². The van der Waals surface area contributed by atoms with E-state index in [0.717, 1.165) is 21.3 Å². The molecule has 0 aliphatic carbocycles. The van der Waals surface area contributed by atoms with Crippen LogP contribution in [0, 0.1) is 24.0 Å². The lowest BCUT2D eigenvalue weighted by molar-refractivity contribution is -0.385. The molecule has 110 valence electrons. The second-order valence-electron chi connectivity index (χ2n) is 4.80. The lowest BCUT2D eigenvalue weighted by atomic mass is 10.1. The first-order valence-electron chi connectivity index (χ1n) is 6.32. The van der Waals surface area contributed by atoms with Crippen LogP contribution in [0.2, 0.25) is 5.02 Å². The minimum absolute atomic E-state index is 0.0688. The Morgan fingerprint density at radius 2 is 1.86 bits per heavy atom. The molecule has 2 aromatic rings. The number of halogens is 2. The molecule has 0 spiro atoms. The van der Waals surface area contributed by atoms with Crippen LogP contribution in [0.15, 0.2) is 34.8 Å². The summed E-state index contributed by atoms with van der Waals surface area (Å²) >= 11 is 9.38. The molecule has 0 saturated carbocycles. The van der Waals surface area contributed by atoms with Crippen LogP contribution in [-0.4, -0.2) is 4.92 Å². The zero-order valence-electron chi connectivity index (χ0n) is 11.6. The standard InChI is InChI=1S/C15H14BrClN2O2/c1-9-5-12(16)6-10(2)15(9)18-8-11-7-13(17)3-4-14(11)19(20)21/h3-7,18H,8H2,1-2H3. The summed E-state index contributed by atoms with van der Waals surface area (Å²) in [5.41, 5.74) is 3.76. The normalized spacial score (nSPS) is 10.5. The van der Waals surface area contributed by atoms with Crippen LogP contribution in [0.3, 0.4) is 0 Å². The van der Waals surface area contributed by atoms with Crippen LogP contribution < -0.4 is 5.32 Å². The molecule has 0 amide bonds. The molecular formula is C15H14BrClN2O2. The minimum atomic E-state index is -0.394. The molecule has 21 heavy (non-hydrogen) atoms. The second kappa shape index (κ2) is 6.45. The molecule has 0 atom stereocenters. The van der Waals surface area contributed by atoms with E-state index in [4.69, 9.17) is 11.6 Å². The van der Waals surface area contributed by atoms with Gasteiger partial charge in [0.15, 0.2) is 0 Å². The third-order valence-electron chi connectivity index (χ3n) is 3.19. The van der Waals surface area contributed by atoms with Crippen LogP contribution in [-0.2, 0) is 6.54 Å². The van der Waals surface area contributed by atoms with Crippen molar-refractivity contribution in [3.8, 4) is 0 Å². The van der Waals surface area contributed by atoms with E-state index in [2.05, 4.69) is 21.2 Å². The molecule has 6 heteroatoms. The summed E-state index contributed by atoms with van der Waals surface area (Å²) in [6.07, 6.45) is 0. The average molecular weight is 370 g/mol. The van der Waals surface area contributed by atoms with E-state index in [1.165, 1.54) is 12.1 Å². The molecule has 2 aromatic carbocycles. The number of nitro benzene ring substituents is 1. The molecule has 0 aromatic heterocycles. The Kier molecular flexibility index (Phi) is 4.85. The van der Waals surface area contributed by atoms with Gasteiger partial charge in [0.1, 0.15) is 0 Å². The number of nitrogens with one attached hydrogen (secondary N) is 1. The third kappa shape index (κ3) is 3.74. The number of anilines is 1. The maximum Gasteiger partial charge on any atom is 0.274 e. The van der Waals surface area contributed by atoms with Gasteiger partial charge in [-0.1, -0.05) is 27.5 Å². The summed E-state index contributed by atoms with van der Waals surface area (Å²) in [5, 5.41) is 14.8. The van der Waals surface area contributed by atoms with Crippen molar-refractivity contribution in [3.63, 3.8) is 0 Å². The molecule has 0 unspecified atom stereocenters. The van der Waals surface area contributed by atoms with E-state index in [1.54, 1.807) is 6.07 Å². The van der Waals surface area contributed by atoms with Gasteiger partial charge in [-0.05, 0) is 49.2 Å². The zero-order valence-corrected chi connectivity index (χ0v) is 14.0. The quantitative estimate of drug-likeness (QED) is 0.592. The van der Waals surface area contributed by atoms with E-state index in [1.807, 2.05) is 26.0 Å². The van der Waals surface area contributed by atoms with Gasteiger partial charge in [0, 0.05) is 27.8 Å². The SMILES string of the molecule is Cc1cc(Br)cc(C)c1NCc1cc(Cl)ccc1[N+](=O)[O-]. The minimum Gasteiger partial charge on any atom is -0.380 e. The average Bonchev–Trinajstić information content (AvgIpc) is 2.37. The van der Waals surface area contributed by atoms with Gasteiger partial charge in [0.2, 0.25) is 0 Å². The lowest BCUT2D eigenvalue weighted by Crippen LogP contribution is -2.05. The van der Waals surface area contributed by atoms with Crippen LogP contribution in [0.1, 0.15) is 16.7 Å². The first-order chi connectivity index (χ1) is 9.88. The number of benzene rings is 2. The van der Waals surface area contributed by atoms with Gasteiger partial charge in [-0.3, -0.25) is 10.1 Å². The number of aryl methyl sites for hydroxylation is 2. The predicted molar refractivity (Wildman–Crippen MR) is 89.0 cm³/mol. The Morgan fingerprint density at radius 3 is 2.43 bits per heavy atom. The molecule has 0 aliphatic heterocycles. The maximum absolute atomic E-state index is 11.1. The van der Waals surface area contributed by atoms with E-state index >= 15 is 0 Å². The molecule has 0 fully saturated rings. The van der Waals surface area contributed by atoms with Crippen LogP contribution in [0.25, 0.3) is 0 Å². The summed E-state index contributed by atoms with van der Waals surface area (Å²) in [6.45, 7) is 4.33. The van der Waals surface area contributed by atoms with Crippen molar-refractivity contribution in [3.05, 3.63) is 66.6 Å². The third-order valence-corrected chi connectivity index (χ3v) is 3.88. The first kappa shape index (κ1) is 15.8. The number of rotatable bonds is 4. The summed E-state index contributed by atoms with van der Waals surface area (Å²) in [5.74, 6) is 0. The number of nitrogens with zero attached hydrogens (tertiary/aromatic N) is 1. The molecule has 1 N–H and O–H groups in total. The lowest BCUT2D eigenvalue weighted by Gasteiger charge is -2.13. The highest BCUT2D eigenvalue weighted by molar-refractivity contribution is 9.10. The highest BCUT2D eigenvalue weighted by atomic mass is 79.9. The Bertz CT molecular complexity index is 681. The van der Waals surface area contributed by atoms with Gasteiger partial charge >= 0.3 is 0 Å². The van der Waals surface area contributed by atoms with Crippen molar-refractivity contribution >= 4 is 38.9 Å². The van der Waals surface area contributed by atoms with E-state index in [-0.39, 0.29) is 5.69 Å². The Balaban J connectivity index is 2.28. The Morgan fingerprint density at radius 1 is 1.24 bits per heavy atom. The number of nitro groups is 1. The topological polar surface area (TPSA) is 55.2 Å². The molecule has 0 aliphatic rings. The van der Waals surface area contributed by atoms with Crippen LogP contribution in [0.4, 0.5) is 11.4 Å². The predicted octanol–water partition coefficient (Wildman–Crippen LogP) is 5.24. The van der Waals surface area contributed by atoms with E-state index in [9.17, 15) is 10.1 Å². The highest BCUT2D eigenvalue weighted by Crippen LogP contribution is 2.28. The Hall–Kier alpha value is -1.59. The fraction of sp³-hybridized carbons (Fsp3) is 0.200. The van der Waals surface area contributed by atoms with Gasteiger partial charge in [-0.15, -0.1) is 0 Å². The molecule has 0 bridgehead atoms. The smallest absolute Gasteiger partial charge is 0.274 e. The van der Waals surface area contributed by atoms with Crippen molar-refractivity contribution in [2.24, 2.45) is 0 Å². The van der Waals surface area contributed by atoms with Crippen LogP contribution >= 0.6 is 27.5 Å². The summed E-state index contributed by atoms with van der Waals surface area (Å²) in [7, 11) is 0. The van der Waals surface area contributed by atoms with Gasteiger partial charge in [0.25, 0.3) is 5.69 Å². The van der Waals surface area contributed by atoms with Gasteiger partial charge in [-0.2, -0.15) is 0 Å². The molecular weight excluding hydrogens is 356 g/mol. The summed E-state index contributed by atoms with van der Waals surface area (Å²) in [6, 6.07) is 8.58. The number of hydrogen-bond donors (Lipinski definition) is 1. The van der Waals surface area contributed by atoms with E-state index in [0.29, 0.717) is 17.1 Å². The Labute approximate surface area is 136 Å². The first-order valence-corrected chi connectivity index (χ1v) is 7.49. The molecule has 4 nitrogen and oxygen atoms in total. The fourth-order valence-corrected chi connectivity index (χ4v) is 3.13. The highest BCUT2D eigenvalue weighted by Gasteiger charge is 2.14. The maximum atomic E-state index is 11.1. The summed E-state index contributed by atoms with van der Waals surface area (Å²) < 4.78 is 1.01. The number of hydrogen-bond acceptors (Lipinski definition) is 3. The van der Waals surface area contributed by atoms with Crippen LogP contribution in [0.5, 0.6) is 0 Å².